The summed E-state index contributed by atoms with van der Waals surface area (Å²) in [6.45, 7) is 7.86. The van der Waals surface area contributed by atoms with E-state index in [4.69, 9.17) is 10.7 Å². The van der Waals surface area contributed by atoms with Crippen LogP contribution in [-0.4, -0.2) is 63.5 Å². The normalized spacial score (nSPS) is 15.8. The number of pyridine rings is 1. The molecule has 4 N–H and O–H groups in total. The quantitative estimate of drug-likeness (QED) is 0.406. The van der Waals surface area contributed by atoms with E-state index in [1.54, 1.807) is 24.4 Å². The predicted octanol–water partition coefficient (Wildman–Crippen LogP) is 2.89. The van der Waals surface area contributed by atoms with Crippen molar-refractivity contribution in [2.75, 3.05) is 42.2 Å². The van der Waals surface area contributed by atoms with Crippen LogP contribution in [0.3, 0.4) is 0 Å². The molecule has 1 aliphatic heterocycles. The van der Waals surface area contributed by atoms with Gasteiger partial charge in [-0.05, 0) is 42.2 Å². The molecule has 1 fully saturated rings. The van der Waals surface area contributed by atoms with E-state index in [0.29, 0.717) is 35.0 Å². The fraction of sp³-hybridized carbons (Fsp3) is 0.400. The van der Waals surface area contributed by atoms with E-state index >= 15 is 0 Å². The van der Waals surface area contributed by atoms with Gasteiger partial charge in [-0.25, -0.2) is 0 Å². The number of aromatic nitrogens is 4. The van der Waals surface area contributed by atoms with Gasteiger partial charge >= 0.3 is 0 Å². The molecule has 10 heteroatoms. The number of nitrogens with zero attached hydrogens (tertiary/aromatic N) is 6. The van der Waals surface area contributed by atoms with E-state index in [2.05, 4.69) is 50.4 Å². The number of likely N-dealkylation sites (tertiary alicyclic amines) is 1. The van der Waals surface area contributed by atoms with Crippen LogP contribution in [0.5, 0.6) is 0 Å². The highest BCUT2D eigenvalue weighted by Gasteiger charge is 2.24. The van der Waals surface area contributed by atoms with Crippen molar-refractivity contribution in [3.05, 3.63) is 59.9 Å². The Hall–Kier alpha value is -3.79. The van der Waals surface area contributed by atoms with Crippen LogP contribution in [0.1, 0.15) is 36.2 Å². The largest absolute Gasteiger partial charge is 0.366 e. The lowest BCUT2D eigenvalue weighted by molar-refractivity contribution is 0.100. The van der Waals surface area contributed by atoms with Crippen LogP contribution in [0, 0.1) is 5.92 Å². The molecule has 10 nitrogen and oxygen atoms in total. The minimum atomic E-state index is -0.485. The molecule has 1 aromatic carbocycles. The van der Waals surface area contributed by atoms with Crippen molar-refractivity contribution in [1.82, 2.24) is 24.8 Å². The summed E-state index contributed by atoms with van der Waals surface area (Å²) in [5.74, 6) is 1.47. The molecule has 184 valence electrons. The first-order valence-corrected chi connectivity index (χ1v) is 11.9. The van der Waals surface area contributed by atoms with Crippen LogP contribution in [0.25, 0.3) is 0 Å². The van der Waals surface area contributed by atoms with Crippen molar-refractivity contribution >= 4 is 29.4 Å². The Bertz CT molecular complexity index is 1140. The van der Waals surface area contributed by atoms with Crippen molar-refractivity contribution in [1.29, 1.82) is 0 Å². The number of hydrogen-bond acceptors (Lipinski definition) is 9. The molecule has 1 aliphatic rings. The van der Waals surface area contributed by atoms with Gasteiger partial charge in [-0.2, -0.15) is 15.0 Å². The average molecular weight is 476 g/mol. The maximum Gasteiger partial charge on any atom is 0.248 e. The smallest absolute Gasteiger partial charge is 0.248 e. The second-order valence-electron chi connectivity index (χ2n) is 9.35. The van der Waals surface area contributed by atoms with Gasteiger partial charge in [0, 0.05) is 62.9 Å². The highest BCUT2D eigenvalue weighted by atomic mass is 16.1. The van der Waals surface area contributed by atoms with Crippen molar-refractivity contribution in [3.63, 3.8) is 0 Å². The molecule has 0 saturated carbocycles. The van der Waals surface area contributed by atoms with Crippen LogP contribution in [0.15, 0.2) is 48.8 Å². The molecule has 0 spiro atoms. The maximum atomic E-state index is 11.6. The first kappa shape index (κ1) is 24.3. The average Bonchev–Trinajstić information content (AvgIpc) is 3.25. The summed E-state index contributed by atoms with van der Waals surface area (Å²) in [5, 5.41) is 6.70. The molecule has 3 aromatic rings. The summed E-state index contributed by atoms with van der Waals surface area (Å²) < 4.78 is 0. The molecule has 2 aromatic heterocycles. The number of carbonyl (C=O) groups is 1. The Balaban J connectivity index is 1.50. The van der Waals surface area contributed by atoms with Crippen molar-refractivity contribution in [2.24, 2.45) is 11.7 Å². The number of amides is 1. The number of carbonyl (C=O) groups excluding carboxylic acids is 1. The van der Waals surface area contributed by atoms with Gasteiger partial charge in [0.1, 0.15) is 0 Å². The fourth-order valence-corrected chi connectivity index (χ4v) is 4.19. The van der Waals surface area contributed by atoms with E-state index in [1.807, 2.05) is 30.3 Å². The third kappa shape index (κ3) is 6.86. The number of benzene rings is 1. The maximum absolute atomic E-state index is 11.6. The second kappa shape index (κ2) is 11.1. The van der Waals surface area contributed by atoms with Gasteiger partial charge in [-0.3, -0.25) is 14.7 Å². The van der Waals surface area contributed by atoms with Crippen molar-refractivity contribution < 1.29 is 4.79 Å². The number of rotatable bonds is 10. The lowest BCUT2D eigenvalue weighted by Crippen LogP contribution is -2.28. The van der Waals surface area contributed by atoms with E-state index in [-0.39, 0.29) is 6.04 Å². The number of primary amides is 1. The van der Waals surface area contributed by atoms with Gasteiger partial charge in [-0.15, -0.1) is 0 Å². The third-order valence-corrected chi connectivity index (χ3v) is 5.74. The Kier molecular flexibility index (Phi) is 7.71. The summed E-state index contributed by atoms with van der Waals surface area (Å²) in [6, 6.07) is 11.3. The molecule has 1 atom stereocenters. The fourth-order valence-electron chi connectivity index (χ4n) is 4.19. The van der Waals surface area contributed by atoms with Crippen LogP contribution in [0.2, 0.25) is 0 Å². The molecule has 35 heavy (non-hydrogen) atoms. The van der Waals surface area contributed by atoms with Gasteiger partial charge in [0.05, 0.1) is 0 Å². The highest BCUT2D eigenvalue weighted by Crippen LogP contribution is 2.21. The Morgan fingerprint density at radius 3 is 2.77 bits per heavy atom. The summed E-state index contributed by atoms with van der Waals surface area (Å²) >= 11 is 0. The summed E-state index contributed by atoms with van der Waals surface area (Å²) in [7, 11) is 1.97. The number of nitrogens with two attached hydrogens (primary N) is 1. The zero-order valence-electron chi connectivity index (χ0n) is 20.5. The Morgan fingerprint density at radius 1 is 1.20 bits per heavy atom. The van der Waals surface area contributed by atoms with E-state index in [9.17, 15) is 4.79 Å². The van der Waals surface area contributed by atoms with Crippen LogP contribution in [-0.2, 0) is 6.54 Å². The minimum absolute atomic E-state index is 0.225. The third-order valence-electron chi connectivity index (χ3n) is 5.74. The zero-order valence-corrected chi connectivity index (χ0v) is 20.5. The summed E-state index contributed by atoms with van der Waals surface area (Å²) in [4.78, 5) is 34.1. The first-order valence-electron chi connectivity index (χ1n) is 11.9. The van der Waals surface area contributed by atoms with Crippen LogP contribution >= 0.6 is 0 Å². The number of hydrogen-bond donors (Lipinski definition) is 3. The van der Waals surface area contributed by atoms with Gasteiger partial charge in [-0.1, -0.05) is 26.0 Å². The number of anilines is 4. The van der Waals surface area contributed by atoms with Gasteiger partial charge in [0.15, 0.2) is 0 Å². The SMILES string of the molecule is CC(C)CN(C)c1nc(Nc2cccc(C(N)=O)c2)nc(N[C@H]2CCN(Cc3cccnc3)C2)n1. The summed E-state index contributed by atoms with van der Waals surface area (Å²) in [5.41, 5.74) is 7.73. The zero-order chi connectivity index (χ0) is 24.8. The lowest BCUT2D eigenvalue weighted by Gasteiger charge is -2.21. The molecule has 0 radical (unpaired) electrons. The van der Waals surface area contributed by atoms with Gasteiger partial charge in [0.25, 0.3) is 0 Å². The predicted molar refractivity (Wildman–Crippen MR) is 138 cm³/mol. The highest BCUT2D eigenvalue weighted by molar-refractivity contribution is 5.93. The van der Waals surface area contributed by atoms with Crippen molar-refractivity contribution in [2.45, 2.75) is 32.9 Å². The Labute approximate surface area is 206 Å². The molecule has 0 aliphatic carbocycles. The molecular weight excluding hydrogens is 442 g/mol. The second-order valence-corrected chi connectivity index (χ2v) is 9.35. The monoisotopic (exact) mass is 475 g/mol. The first-order chi connectivity index (χ1) is 16.9. The number of nitrogens with one attached hydrogen (secondary N) is 2. The molecule has 1 saturated heterocycles. The molecule has 0 bridgehead atoms. The standard InChI is InChI=1S/C25H33N9O/c1-17(2)14-33(3)25-31-23(28-20-8-4-7-19(12-20)22(26)35)30-24(32-25)29-21-9-11-34(16-21)15-18-6-5-10-27-13-18/h4-8,10,12-13,17,21H,9,11,14-16H2,1-3H3,(H2,26,35)(H2,28,29,30,31,32)/t21-/m0/s1. The lowest BCUT2D eigenvalue weighted by atomic mass is 10.2. The molecule has 4 rings (SSSR count). The van der Waals surface area contributed by atoms with Gasteiger partial charge in [0.2, 0.25) is 23.8 Å². The molecule has 3 heterocycles. The van der Waals surface area contributed by atoms with Crippen LogP contribution in [0.4, 0.5) is 23.5 Å². The van der Waals surface area contributed by atoms with E-state index in [0.717, 1.165) is 32.6 Å². The molecule has 1 amide bonds. The minimum Gasteiger partial charge on any atom is -0.366 e. The van der Waals surface area contributed by atoms with Crippen molar-refractivity contribution in [3.8, 4) is 0 Å². The van der Waals surface area contributed by atoms with Crippen LogP contribution < -0.4 is 21.3 Å². The summed E-state index contributed by atoms with van der Waals surface area (Å²) in [6.07, 6.45) is 4.70. The van der Waals surface area contributed by atoms with E-state index < -0.39 is 5.91 Å². The Morgan fingerprint density at radius 2 is 2.03 bits per heavy atom. The van der Waals surface area contributed by atoms with E-state index in [1.165, 1.54) is 5.56 Å². The molecule has 0 unspecified atom stereocenters. The van der Waals surface area contributed by atoms with Gasteiger partial charge < -0.3 is 21.3 Å². The molecular formula is C25H33N9O. The topological polar surface area (TPSA) is 125 Å².